The molecule has 116 valence electrons. The standard InChI is InChI=1S/C5H5N5O.C5H10O5/c6-5-9-3-2(4(11)10-5)7-1-8-3;6-1-2-3(7)4(8)5(9)10-2/h1H,(H4,6,7,8,9,10,11);2-9H,1H2/t;2-,3-,4+,5?/m.1/s1. The van der Waals surface area contributed by atoms with Crippen LogP contribution in [0.2, 0.25) is 0 Å². The van der Waals surface area contributed by atoms with Gasteiger partial charge in [0.25, 0.3) is 5.56 Å². The van der Waals surface area contributed by atoms with Crippen molar-refractivity contribution in [2.75, 3.05) is 12.3 Å². The fourth-order valence-electron chi connectivity index (χ4n) is 1.74. The molecule has 0 saturated carbocycles. The van der Waals surface area contributed by atoms with E-state index in [0.717, 1.165) is 0 Å². The quantitative estimate of drug-likeness (QED) is 0.282. The lowest BCUT2D eigenvalue weighted by Gasteiger charge is -2.09. The zero-order chi connectivity index (χ0) is 15.6. The summed E-state index contributed by atoms with van der Waals surface area (Å²) in [5, 5.41) is 35.0. The average molecular weight is 301 g/mol. The summed E-state index contributed by atoms with van der Waals surface area (Å²) in [6.45, 7) is -0.407. The number of aliphatic hydroxyl groups is 4. The molecule has 0 bridgehead atoms. The Hall–Kier alpha value is -2.05. The molecule has 8 N–H and O–H groups in total. The number of aliphatic hydroxyl groups excluding tert-OH is 4. The third-order valence-electron chi connectivity index (χ3n) is 2.83. The van der Waals surface area contributed by atoms with Gasteiger partial charge in [0.2, 0.25) is 5.95 Å². The molecule has 0 aromatic carbocycles. The molecule has 0 spiro atoms. The summed E-state index contributed by atoms with van der Waals surface area (Å²) in [5.74, 6) is 0.0783. The zero-order valence-corrected chi connectivity index (χ0v) is 10.7. The maximum absolute atomic E-state index is 11.0. The van der Waals surface area contributed by atoms with Crippen LogP contribution in [0.5, 0.6) is 0 Å². The number of hydrogen-bond acceptors (Lipinski definition) is 9. The minimum Gasteiger partial charge on any atom is -0.394 e. The Morgan fingerprint density at radius 1 is 1.33 bits per heavy atom. The number of rotatable bonds is 1. The lowest BCUT2D eigenvalue weighted by Crippen LogP contribution is -2.33. The van der Waals surface area contributed by atoms with Gasteiger partial charge in [-0.2, -0.15) is 4.98 Å². The van der Waals surface area contributed by atoms with Crippen LogP contribution in [0.1, 0.15) is 0 Å². The van der Waals surface area contributed by atoms with Crippen LogP contribution >= 0.6 is 0 Å². The Kier molecular flexibility index (Phi) is 4.50. The van der Waals surface area contributed by atoms with Gasteiger partial charge >= 0.3 is 0 Å². The molecule has 1 fully saturated rings. The minimum absolute atomic E-state index is 0.0783. The van der Waals surface area contributed by atoms with Gasteiger partial charge in [0.1, 0.15) is 18.3 Å². The molecule has 1 aliphatic rings. The molecule has 11 heteroatoms. The number of nitrogen functional groups attached to an aromatic ring is 1. The molecule has 21 heavy (non-hydrogen) atoms. The fraction of sp³-hybridized carbons (Fsp3) is 0.500. The van der Waals surface area contributed by atoms with Crippen LogP contribution in [0.4, 0.5) is 5.95 Å². The molecule has 0 aliphatic carbocycles. The van der Waals surface area contributed by atoms with Gasteiger partial charge in [-0.25, -0.2) is 4.98 Å². The molecule has 0 amide bonds. The molecular weight excluding hydrogens is 286 g/mol. The van der Waals surface area contributed by atoms with E-state index in [2.05, 4.69) is 24.7 Å². The van der Waals surface area contributed by atoms with Crippen molar-refractivity contribution in [2.45, 2.75) is 24.6 Å². The van der Waals surface area contributed by atoms with E-state index in [-0.39, 0.29) is 11.5 Å². The van der Waals surface area contributed by atoms with Crippen molar-refractivity contribution in [3.05, 3.63) is 16.7 Å². The summed E-state index contributed by atoms with van der Waals surface area (Å²) < 4.78 is 4.54. The molecule has 3 heterocycles. The highest BCUT2D eigenvalue weighted by Crippen LogP contribution is 2.18. The summed E-state index contributed by atoms with van der Waals surface area (Å²) in [7, 11) is 0. The van der Waals surface area contributed by atoms with Crippen LogP contribution in [0.3, 0.4) is 0 Å². The Morgan fingerprint density at radius 3 is 2.57 bits per heavy atom. The maximum atomic E-state index is 11.0. The largest absolute Gasteiger partial charge is 0.394 e. The number of nitrogens with zero attached hydrogens (tertiary/aromatic N) is 2. The first-order chi connectivity index (χ1) is 9.93. The number of fused-ring (bicyclic) bond motifs is 1. The summed E-state index contributed by atoms with van der Waals surface area (Å²) in [5.41, 5.74) is 5.65. The first kappa shape index (κ1) is 15.3. The van der Waals surface area contributed by atoms with E-state index in [1.54, 1.807) is 0 Å². The summed E-state index contributed by atoms with van der Waals surface area (Å²) in [6.07, 6.45) is -3.36. The third-order valence-corrected chi connectivity index (χ3v) is 2.83. The molecule has 11 nitrogen and oxygen atoms in total. The summed E-state index contributed by atoms with van der Waals surface area (Å²) in [6, 6.07) is 0. The van der Waals surface area contributed by atoms with E-state index in [1.165, 1.54) is 6.33 Å². The fourth-order valence-corrected chi connectivity index (χ4v) is 1.74. The van der Waals surface area contributed by atoms with Gasteiger partial charge in [-0.1, -0.05) is 0 Å². The molecular formula is C10H15N5O6. The lowest BCUT2D eigenvalue weighted by molar-refractivity contribution is -0.132. The highest BCUT2D eigenvalue weighted by atomic mass is 16.6. The van der Waals surface area contributed by atoms with Gasteiger partial charge in [0, 0.05) is 0 Å². The molecule has 1 saturated heterocycles. The number of imidazole rings is 1. The van der Waals surface area contributed by atoms with Gasteiger partial charge in [-0.15, -0.1) is 0 Å². The second-order valence-corrected chi connectivity index (χ2v) is 4.28. The Balaban J connectivity index is 0.000000155. The van der Waals surface area contributed by atoms with Gasteiger partial charge in [0.15, 0.2) is 17.5 Å². The van der Waals surface area contributed by atoms with Crippen molar-refractivity contribution in [1.29, 1.82) is 0 Å². The molecule has 1 aliphatic heterocycles. The van der Waals surface area contributed by atoms with Crippen molar-refractivity contribution < 1.29 is 25.2 Å². The van der Waals surface area contributed by atoms with Crippen LogP contribution in [0, 0.1) is 0 Å². The van der Waals surface area contributed by atoms with Crippen LogP contribution in [0.25, 0.3) is 11.2 Å². The van der Waals surface area contributed by atoms with Gasteiger partial charge in [0.05, 0.1) is 12.9 Å². The SMILES string of the molecule is Nc1nc2nc[nH]c2c(=O)[nH]1.OC[C@H]1OC(O)[C@@H](O)[C@@H]1O. The van der Waals surface area contributed by atoms with Crippen LogP contribution in [0.15, 0.2) is 11.1 Å². The number of hydrogen-bond donors (Lipinski definition) is 7. The second-order valence-electron chi connectivity index (χ2n) is 4.28. The van der Waals surface area contributed by atoms with E-state index >= 15 is 0 Å². The number of H-pyrrole nitrogens is 2. The number of anilines is 1. The molecule has 1 unspecified atom stereocenters. The number of aromatic nitrogens is 4. The zero-order valence-electron chi connectivity index (χ0n) is 10.7. The number of nitrogens with one attached hydrogen (secondary N) is 2. The average Bonchev–Trinajstić information content (AvgIpc) is 3.00. The minimum atomic E-state index is -1.38. The first-order valence-electron chi connectivity index (χ1n) is 5.93. The van der Waals surface area contributed by atoms with Crippen molar-refractivity contribution >= 4 is 17.1 Å². The molecule has 0 radical (unpaired) electrons. The monoisotopic (exact) mass is 301 g/mol. The number of aromatic amines is 2. The summed E-state index contributed by atoms with van der Waals surface area (Å²) >= 11 is 0. The number of ether oxygens (including phenoxy) is 1. The Bertz CT molecular complexity index is 657. The highest BCUT2D eigenvalue weighted by Gasteiger charge is 2.41. The lowest BCUT2D eigenvalue weighted by atomic mass is 10.1. The normalized spacial score (nSPS) is 28.4. The van der Waals surface area contributed by atoms with Crippen molar-refractivity contribution in [3.63, 3.8) is 0 Å². The maximum Gasteiger partial charge on any atom is 0.278 e. The highest BCUT2D eigenvalue weighted by molar-refractivity contribution is 5.69. The topological polar surface area (TPSA) is 191 Å². The van der Waals surface area contributed by atoms with Crippen LogP contribution in [-0.4, -0.2) is 71.6 Å². The predicted octanol–water partition coefficient (Wildman–Crippen LogP) is -3.35. The van der Waals surface area contributed by atoms with E-state index < -0.39 is 31.2 Å². The Morgan fingerprint density at radius 2 is 2.05 bits per heavy atom. The molecule has 2 aromatic heterocycles. The summed E-state index contributed by atoms with van der Waals surface area (Å²) in [4.78, 5) is 23.5. The third kappa shape index (κ3) is 3.17. The number of nitrogens with two attached hydrogens (primary N) is 1. The van der Waals surface area contributed by atoms with E-state index in [1.807, 2.05) is 0 Å². The molecule has 4 atom stereocenters. The van der Waals surface area contributed by atoms with Crippen molar-refractivity contribution in [2.24, 2.45) is 0 Å². The van der Waals surface area contributed by atoms with Crippen molar-refractivity contribution in [1.82, 2.24) is 19.9 Å². The van der Waals surface area contributed by atoms with Gasteiger partial charge in [-0.3, -0.25) is 9.78 Å². The van der Waals surface area contributed by atoms with Crippen LogP contribution < -0.4 is 11.3 Å². The van der Waals surface area contributed by atoms with Crippen molar-refractivity contribution in [3.8, 4) is 0 Å². The molecule has 2 aromatic rings. The van der Waals surface area contributed by atoms with E-state index in [0.29, 0.717) is 11.2 Å². The van der Waals surface area contributed by atoms with E-state index in [9.17, 15) is 4.79 Å². The van der Waals surface area contributed by atoms with Gasteiger partial charge in [-0.05, 0) is 0 Å². The second kappa shape index (κ2) is 6.15. The predicted molar refractivity (Wildman–Crippen MR) is 68.9 cm³/mol. The van der Waals surface area contributed by atoms with Gasteiger partial charge < -0.3 is 35.9 Å². The van der Waals surface area contributed by atoms with E-state index in [4.69, 9.17) is 26.2 Å². The first-order valence-corrected chi connectivity index (χ1v) is 5.93. The Labute approximate surface area is 117 Å². The molecule has 3 rings (SSSR count). The van der Waals surface area contributed by atoms with Crippen LogP contribution in [-0.2, 0) is 4.74 Å². The smallest absolute Gasteiger partial charge is 0.278 e.